The molecular formula is C14H31NO2S. The van der Waals surface area contributed by atoms with Crippen LogP contribution in [-0.2, 0) is 9.84 Å². The zero-order chi connectivity index (χ0) is 14.4. The molecule has 3 nitrogen and oxygen atoms in total. The topological polar surface area (TPSA) is 46.2 Å². The monoisotopic (exact) mass is 277 g/mol. The molecule has 0 aliphatic heterocycles. The van der Waals surface area contributed by atoms with Crippen LogP contribution < -0.4 is 5.32 Å². The number of hydrogen-bond acceptors (Lipinski definition) is 3. The fourth-order valence-corrected chi connectivity index (χ4v) is 2.81. The highest BCUT2D eigenvalue weighted by molar-refractivity contribution is 7.91. The maximum Gasteiger partial charge on any atom is 0.150 e. The van der Waals surface area contributed by atoms with E-state index < -0.39 is 9.84 Å². The van der Waals surface area contributed by atoms with E-state index in [-0.39, 0.29) is 11.2 Å². The molecule has 0 aliphatic rings. The van der Waals surface area contributed by atoms with Crippen LogP contribution in [0.4, 0.5) is 0 Å². The van der Waals surface area contributed by atoms with Crippen molar-refractivity contribution < 1.29 is 8.42 Å². The summed E-state index contributed by atoms with van der Waals surface area (Å²) in [6, 6.07) is 0.481. The van der Waals surface area contributed by atoms with Gasteiger partial charge in [-0.15, -0.1) is 0 Å². The molecule has 0 bridgehead atoms. The highest BCUT2D eigenvalue weighted by atomic mass is 32.2. The molecule has 0 rings (SSSR count). The van der Waals surface area contributed by atoms with Crippen LogP contribution in [0.1, 0.15) is 54.4 Å². The molecule has 0 aliphatic carbocycles. The summed E-state index contributed by atoms with van der Waals surface area (Å²) in [7, 11) is -2.81. The van der Waals surface area contributed by atoms with Gasteiger partial charge in [-0.1, -0.05) is 41.5 Å². The van der Waals surface area contributed by atoms with Gasteiger partial charge in [-0.05, 0) is 30.7 Å². The first-order valence-electron chi connectivity index (χ1n) is 7.02. The molecule has 0 heterocycles. The normalized spacial score (nSPS) is 15.1. The summed E-state index contributed by atoms with van der Waals surface area (Å²) >= 11 is 0. The lowest BCUT2D eigenvalue weighted by Crippen LogP contribution is -2.35. The number of nitrogens with one attached hydrogen (secondary N) is 1. The minimum atomic E-state index is -2.81. The van der Waals surface area contributed by atoms with Gasteiger partial charge in [0.2, 0.25) is 0 Å². The van der Waals surface area contributed by atoms with E-state index in [1.54, 1.807) is 6.92 Å². The third-order valence-electron chi connectivity index (χ3n) is 3.44. The number of rotatable bonds is 8. The summed E-state index contributed by atoms with van der Waals surface area (Å²) in [6.45, 7) is 13.7. The molecule has 0 aromatic carbocycles. The van der Waals surface area contributed by atoms with E-state index >= 15 is 0 Å². The molecule has 0 saturated heterocycles. The fraction of sp³-hybridized carbons (Fsp3) is 1.00. The lowest BCUT2D eigenvalue weighted by Gasteiger charge is -2.31. The molecule has 1 unspecified atom stereocenters. The third-order valence-corrected chi connectivity index (χ3v) is 5.24. The molecule has 0 aromatic heterocycles. The van der Waals surface area contributed by atoms with Crippen LogP contribution in [0.2, 0.25) is 0 Å². The van der Waals surface area contributed by atoms with Crippen LogP contribution >= 0.6 is 0 Å². The summed E-state index contributed by atoms with van der Waals surface area (Å²) in [6.07, 6.45) is 1.75. The lowest BCUT2D eigenvalue weighted by molar-refractivity contribution is 0.213. The van der Waals surface area contributed by atoms with Gasteiger partial charge in [0.1, 0.15) is 9.84 Å². The molecule has 0 radical (unpaired) electrons. The predicted octanol–water partition coefficient (Wildman–Crippen LogP) is 2.86. The molecule has 1 N–H and O–H groups in total. The smallest absolute Gasteiger partial charge is 0.150 e. The standard InChI is InChI=1S/C14H31NO2S/c1-7-18(16,17)10-8-9-13(14(4,5)6)11-15-12(2)3/h12-13,15H,7-11H2,1-6H3. The van der Waals surface area contributed by atoms with Crippen molar-refractivity contribution in [3.63, 3.8) is 0 Å². The van der Waals surface area contributed by atoms with Crippen LogP contribution in [0.15, 0.2) is 0 Å². The van der Waals surface area contributed by atoms with Crippen LogP contribution in [0.25, 0.3) is 0 Å². The maximum atomic E-state index is 11.5. The molecule has 0 aromatic rings. The lowest BCUT2D eigenvalue weighted by atomic mass is 9.78. The van der Waals surface area contributed by atoms with E-state index in [2.05, 4.69) is 39.9 Å². The molecule has 0 fully saturated rings. The third kappa shape index (κ3) is 8.09. The van der Waals surface area contributed by atoms with E-state index in [4.69, 9.17) is 0 Å². The van der Waals surface area contributed by atoms with E-state index in [0.717, 1.165) is 19.4 Å². The predicted molar refractivity (Wildman–Crippen MR) is 79.6 cm³/mol. The van der Waals surface area contributed by atoms with E-state index in [0.29, 0.717) is 17.7 Å². The van der Waals surface area contributed by atoms with Crippen LogP contribution in [0.5, 0.6) is 0 Å². The SMILES string of the molecule is CCS(=O)(=O)CCCC(CNC(C)C)C(C)(C)C. The second kappa shape index (κ2) is 7.49. The van der Waals surface area contributed by atoms with Crippen LogP contribution in [0, 0.1) is 11.3 Å². The van der Waals surface area contributed by atoms with Crippen LogP contribution in [0.3, 0.4) is 0 Å². The Morgan fingerprint density at radius 3 is 2.11 bits per heavy atom. The summed E-state index contributed by atoms with van der Waals surface area (Å²) in [5, 5.41) is 3.46. The first-order chi connectivity index (χ1) is 8.08. The summed E-state index contributed by atoms with van der Waals surface area (Å²) in [4.78, 5) is 0. The van der Waals surface area contributed by atoms with Crippen molar-refractivity contribution in [1.29, 1.82) is 0 Å². The molecule has 1 atom stereocenters. The van der Waals surface area contributed by atoms with E-state index in [1.807, 2.05) is 0 Å². The minimum absolute atomic E-state index is 0.220. The molecular weight excluding hydrogens is 246 g/mol. The highest BCUT2D eigenvalue weighted by Crippen LogP contribution is 2.29. The molecule has 0 spiro atoms. The minimum Gasteiger partial charge on any atom is -0.314 e. The Morgan fingerprint density at radius 2 is 1.72 bits per heavy atom. The van der Waals surface area contributed by atoms with Crippen LogP contribution in [-0.4, -0.2) is 32.5 Å². The average Bonchev–Trinajstić information content (AvgIpc) is 2.20. The Bertz CT molecular complexity index is 315. The Labute approximate surface area is 114 Å². The van der Waals surface area contributed by atoms with Crippen molar-refractivity contribution in [2.75, 3.05) is 18.1 Å². The van der Waals surface area contributed by atoms with Gasteiger partial charge in [0.15, 0.2) is 0 Å². The van der Waals surface area contributed by atoms with Crippen molar-refractivity contribution in [2.45, 2.75) is 60.4 Å². The maximum absolute atomic E-state index is 11.5. The van der Waals surface area contributed by atoms with Gasteiger partial charge in [-0.25, -0.2) is 8.42 Å². The second-order valence-electron chi connectivity index (χ2n) is 6.50. The summed E-state index contributed by atoms with van der Waals surface area (Å²) in [5.74, 6) is 1.11. The van der Waals surface area contributed by atoms with E-state index in [9.17, 15) is 8.42 Å². The Hall–Kier alpha value is -0.0900. The van der Waals surface area contributed by atoms with Gasteiger partial charge in [0.05, 0.1) is 5.75 Å². The summed E-state index contributed by atoms with van der Waals surface area (Å²) < 4.78 is 23.0. The number of hydrogen-bond donors (Lipinski definition) is 1. The molecule has 18 heavy (non-hydrogen) atoms. The van der Waals surface area contributed by atoms with Gasteiger partial charge in [-0.2, -0.15) is 0 Å². The van der Waals surface area contributed by atoms with Crippen molar-refractivity contribution in [3.8, 4) is 0 Å². The van der Waals surface area contributed by atoms with E-state index in [1.165, 1.54) is 0 Å². The van der Waals surface area contributed by atoms with Crippen molar-refractivity contribution in [2.24, 2.45) is 11.3 Å². The van der Waals surface area contributed by atoms with Gasteiger partial charge in [0.25, 0.3) is 0 Å². The second-order valence-corrected chi connectivity index (χ2v) is 8.98. The Kier molecular flexibility index (Phi) is 7.45. The van der Waals surface area contributed by atoms with Crippen molar-refractivity contribution >= 4 is 9.84 Å². The fourth-order valence-electron chi connectivity index (χ4n) is 1.91. The van der Waals surface area contributed by atoms with Gasteiger partial charge in [0, 0.05) is 11.8 Å². The average molecular weight is 277 g/mol. The number of sulfone groups is 1. The van der Waals surface area contributed by atoms with Gasteiger partial charge in [-0.3, -0.25) is 0 Å². The zero-order valence-corrected chi connectivity index (χ0v) is 13.7. The molecule has 4 heteroatoms. The zero-order valence-electron chi connectivity index (χ0n) is 12.9. The quantitative estimate of drug-likeness (QED) is 0.742. The van der Waals surface area contributed by atoms with Gasteiger partial charge >= 0.3 is 0 Å². The van der Waals surface area contributed by atoms with Gasteiger partial charge < -0.3 is 5.32 Å². The Morgan fingerprint density at radius 1 is 1.17 bits per heavy atom. The molecule has 110 valence electrons. The summed E-state index contributed by atoms with van der Waals surface area (Å²) in [5.41, 5.74) is 0.220. The first-order valence-corrected chi connectivity index (χ1v) is 8.84. The first kappa shape index (κ1) is 17.9. The Balaban J connectivity index is 4.27. The van der Waals surface area contributed by atoms with Crippen molar-refractivity contribution in [1.82, 2.24) is 5.32 Å². The molecule has 0 saturated carbocycles. The highest BCUT2D eigenvalue weighted by Gasteiger charge is 2.24. The largest absolute Gasteiger partial charge is 0.314 e. The molecule has 0 amide bonds. The van der Waals surface area contributed by atoms with Crippen molar-refractivity contribution in [3.05, 3.63) is 0 Å².